The largest absolute Gasteiger partial charge is 0.573 e. The highest BCUT2D eigenvalue weighted by molar-refractivity contribution is 5.81. The number of ether oxygens (including phenoxy) is 1. The molecule has 1 aromatic rings. The number of halogens is 3. The van der Waals surface area contributed by atoms with Gasteiger partial charge in [0, 0.05) is 6.54 Å². The zero-order valence-electron chi connectivity index (χ0n) is 10.7. The van der Waals surface area contributed by atoms with Gasteiger partial charge in [0.1, 0.15) is 5.75 Å². The predicted octanol–water partition coefficient (Wildman–Crippen LogP) is 1.95. The van der Waals surface area contributed by atoms with Crippen LogP contribution in [0.25, 0.3) is 0 Å². The van der Waals surface area contributed by atoms with Crippen molar-refractivity contribution in [3.05, 3.63) is 29.8 Å². The average Bonchev–Trinajstić information content (AvgIpc) is 2.89. The third kappa shape index (κ3) is 4.41. The van der Waals surface area contributed by atoms with Crippen LogP contribution in [-0.4, -0.2) is 24.9 Å². The Balaban J connectivity index is 1.83. The Morgan fingerprint density at radius 2 is 2.05 bits per heavy atom. The highest BCUT2D eigenvalue weighted by Crippen LogP contribution is 2.22. The molecule has 1 amide bonds. The number of benzene rings is 1. The number of nitrogens with one attached hydrogen (secondary N) is 2. The fourth-order valence-electron chi connectivity index (χ4n) is 2.03. The van der Waals surface area contributed by atoms with E-state index in [1.54, 1.807) is 0 Å². The molecule has 0 aromatic heterocycles. The van der Waals surface area contributed by atoms with Crippen LogP contribution in [-0.2, 0) is 11.3 Å². The molecule has 20 heavy (non-hydrogen) atoms. The van der Waals surface area contributed by atoms with Gasteiger partial charge < -0.3 is 15.4 Å². The zero-order valence-corrected chi connectivity index (χ0v) is 10.7. The third-order valence-corrected chi connectivity index (χ3v) is 3.00. The minimum Gasteiger partial charge on any atom is -0.406 e. The lowest BCUT2D eigenvalue weighted by Gasteiger charge is -2.12. The summed E-state index contributed by atoms with van der Waals surface area (Å²) in [7, 11) is 0. The van der Waals surface area contributed by atoms with Gasteiger partial charge in [0.05, 0.1) is 6.04 Å². The second kappa shape index (κ2) is 6.13. The molecule has 0 bridgehead atoms. The Kier molecular flexibility index (Phi) is 4.49. The topological polar surface area (TPSA) is 50.4 Å². The smallest absolute Gasteiger partial charge is 0.406 e. The molecule has 0 unspecified atom stereocenters. The van der Waals surface area contributed by atoms with Crippen molar-refractivity contribution >= 4 is 5.91 Å². The third-order valence-electron chi connectivity index (χ3n) is 3.00. The minimum atomic E-state index is -4.69. The van der Waals surface area contributed by atoms with Crippen LogP contribution in [0.3, 0.4) is 0 Å². The van der Waals surface area contributed by atoms with Gasteiger partial charge in [-0.05, 0) is 37.1 Å². The number of alkyl halides is 3. The van der Waals surface area contributed by atoms with E-state index in [-0.39, 0.29) is 24.2 Å². The first-order chi connectivity index (χ1) is 9.44. The summed E-state index contributed by atoms with van der Waals surface area (Å²) in [5.74, 6) is -0.358. The van der Waals surface area contributed by atoms with Crippen molar-refractivity contribution in [3.8, 4) is 5.75 Å². The summed E-state index contributed by atoms with van der Waals surface area (Å²) in [6.07, 6.45) is -2.91. The highest BCUT2D eigenvalue weighted by atomic mass is 19.4. The van der Waals surface area contributed by atoms with Crippen molar-refractivity contribution in [1.82, 2.24) is 10.6 Å². The van der Waals surface area contributed by atoms with Crippen molar-refractivity contribution in [2.45, 2.75) is 31.8 Å². The van der Waals surface area contributed by atoms with Crippen LogP contribution in [0.4, 0.5) is 13.2 Å². The number of hydrogen-bond donors (Lipinski definition) is 2. The van der Waals surface area contributed by atoms with Crippen molar-refractivity contribution < 1.29 is 22.7 Å². The SMILES string of the molecule is O=C(NCc1ccc(OC(F)(F)F)cc1)[C@H]1CCCN1. The van der Waals surface area contributed by atoms with Crippen LogP contribution in [0.15, 0.2) is 24.3 Å². The molecule has 1 aromatic carbocycles. The van der Waals surface area contributed by atoms with Crippen LogP contribution in [0.1, 0.15) is 18.4 Å². The van der Waals surface area contributed by atoms with Gasteiger partial charge in [-0.3, -0.25) is 4.79 Å². The molecule has 1 fully saturated rings. The normalized spacial score (nSPS) is 18.9. The fourth-order valence-corrected chi connectivity index (χ4v) is 2.03. The Labute approximate surface area is 114 Å². The molecule has 110 valence electrons. The van der Waals surface area contributed by atoms with Crippen molar-refractivity contribution in [1.29, 1.82) is 0 Å². The summed E-state index contributed by atoms with van der Waals surface area (Å²) in [6, 6.07) is 5.26. The summed E-state index contributed by atoms with van der Waals surface area (Å²) in [6.45, 7) is 1.12. The molecular weight excluding hydrogens is 273 g/mol. The van der Waals surface area contributed by atoms with E-state index in [0.717, 1.165) is 19.4 Å². The van der Waals surface area contributed by atoms with Crippen LogP contribution >= 0.6 is 0 Å². The van der Waals surface area contributed by atoms with E-state index < -0.39 is 6.36 Å². The van der Waals surface area contributed by atoms with Crippen LogP contribution in [0, 0.1) is 0 Å². The van der Waals surface area contributed by atoms with Gasteiger partial charge in [0.25, 0.3) is 0 Å². The van der Waals surface area contributed by atoms with E-state index >= 15 is 0 Å². The number of carbonyl (C=O) groups is 1. The van der Waals surface area contributed by atoms with Crippen molar-refractivity contribution in [2.75, 3.05) is 6.54 Å². The van der Waals surface area contributed by atoms with Gasteiger partial charge in [-0.2, -0.15) is 0 Å². The van der Waals surface area contributed by atoms with Gasteiger partial charge in [0.15, 0.2) is 0 Å². The van der Waals surface area contributed by atoms with Crippen LogP contribution < -0.4 is 15.4 Å². The van der Waals surface area contributed by atoms with E-state index in [2.05, 4.69) is 15.4 Å². The number of hydrogen-bond acceptors (Lipinski definition) is 3. The molecule has 0 radical (unpaired) electrons. The highest BCUT2D eigenvalue weighted by Gasteiger charge is 2.30. The quantitative estimate of drug-likeness (QED) is 0.890. The van der Waals surface area contributed by atoms with Crippen LogP contribution in [0.2, 0.25) is 0 Å². The monoisotopic (exact) mass is 288 g/mol. The number of amides is 1. The molecule has 7 heteroatoms. The minimum absolute atomic E-state index is 0.0851. The van der Waals surface area contributed by atoms with E-state index in [1.807, 2.05) is 0 Å². The summed E-state index contributed by atoms with van der Waals surface area (Å²) in [5.41, 5.74) is 0.714. The molecule has 1 atom stereocenters. The van der Waals surface area contributed by atoms with Crippen molar-refractivity contribution in [3.63, 3.8) is 0 Å². The lowest BCUT2D eigenvalue weighted by Crippen LogP contribution is -2.39. The molecule has 2 rings (SSSR count). The van der Waals surface area contributed by atoms with E-state index in [4.69, 9.17) is 0 Å². The first-order valence-corrected chi connectivity index (χ1v) is 6.30. The first kappa shape index (κ1) is 14.6. The molecule has 4 nitrogen and oxygen atoms in total. The maximum Gasteiger partial charge on any atom is 0.573 e. The predicted molar refractivity (Wildman–Crippen MR) is 66.0 cm³/mol. The molecular formula is C13H15F3N2O2. The zero-order chi connectivity index (χ0) is 14.6. The lowest BCUT2D eigenvalue weighted by atomic mass is 10.2. The molecule has 1 saturated heterocycles. The van der Waals surface area contributed by atoms with Gasteiger partial charge in [-0.25, -0.2) is 0 Å². The molecule has 0 spiro atoms. The number of carbonyl (C=O) groups excluding carboxylic acids is 1. The summed E-state index contributed by atoms with van der Waals surface area (Å²) >= 11 is 0. The Morgan fingerprint density at radius 1 is 1.35 bits per heavy atom. The maximum atomic E-state index is 12.0. The van der Waals surface area contributed by atoms with Gasteiger partial charge in [-0.1, -0.05) is 12.1 Å². The standard InChI is InChI=1S/C13H15F3N2O2/c14-13(15,16)20-10-5-3-9(4-6-10)8-18-12(19)11-2-1-7-17-11/h3-6,11,17H,1-2,7-8H2,(H,18,19)/t11-/m1/s1. The Morgan fingerprint density at radius 3 is 2.60 bits per heavy atom. The maximum absolute atomic E-state index is 12.0. The Hall–Kier alpha value is -1.76. The molecule has 1 heterocycles. The van der Waals surface area contributed by atoms with Crippen LogP contribution in [0.5, 0.6) is 5.75 Å². The van der Waals surface area contributed by atoms with Gasteiger partial charge >= 0.3 is 6.36 Å². The fraction of sp³-hybridized carbons (Fsp3) is 0.462. The molecule has 2 N–H and O–H groups in total. The van der Waals surface area contributed by atoms with E-state index in [0.29, 0.717) is 5.56 Å². The first-order valence-electron chi connectivity index (χ1n) is 6.30. The summed E-state index contributed by atoms with van der Waals surface area (Å²) < 4.78 is 39.7. The van der Waals surface area contributed by atoms with Gasteiger partial charge in [0.2, 0.25) is 5.91 Å². The molecule has 1 aliphatic rings. The lowest BCUT2D eigenvalue weighted by molar-refractivity contribution is -0.274. The van der Waals surface area contributed by atoms with E-state index in [1.165, 1.54) is 24.3 Å². The average molecular weight is 288 g/mol. The van der Waals surface area contributed by atoms with Gasteiger partial charge in [-0.15, -0.1) is 13.2 Å². The van der Waals surface area contributed by atoms with Crippen molar-refractivity contribution in [2.24, 2.45) is 0 Å². The Bertz CT molecular complexity index is 454. The molecule has 1 aliphatic heterocycles. The second-order valence-corrected chi connectivity index (χ2v) is 4.56. The molecule has 0 aliphatic carbocycles. The number of rotatable bonds is 4. The summed E-state index contributed by atoms with van der Waals surface area (Å²) in [5, 5.41) is 5.81. The summed E-state index contributed by atoms with van der Waals surface area (Å²) in [4.78, 5) is 11.7. The molecule has 0 saturated carbocycles. The van der Waals surface area contributed by atoms with E-state index in [9.17, 15) is 18.0 Å². The second-order valence-electron chi connectivity index (χ2n) is 4.56.